The van der Waals surface area contributed by atoms with Crippen LogP contribution in [0.4, 0.5) is 0 Å². The molecule has 1 atom stereocenters. The lowest BCUT2D eigenvalue weighted by Gasteiger charge is -2.18. The van der Waals surface area contributed by atoms with Crippen molar-refractivity contribution in [3.05, 3.63) is 15.9 Å². The van der Waals surface area contributed by atoms with Gasteiger partial charge in [0.1, 0.15) is 0 Å². The van der Waals surface area contributed by atoms with Gasteiger partial charge in [0, 0.05) is 17.9 Å². The summed E-state index contributed by atoms with van der Waals surface area (Å²) in [4.78, 5) is 2.91. The van der Waals surface area contributed by atoms with Crippen molar-refractivity contribution in [1.29, 1.82) is 0 Å². The Morgan fingerprint density at radius 3 is 2.65 bits per heavy atom. The van der Waals surface area contributed by atoms with Crippen LogP contribution in [0.1, 0.15) is 31.7 Å². The lowest BCUT2D eigenvalue weighted by atomic mass is 10.3. The van der Waals surface area contributed by atoms with Crippen molar-refractivity contribution in [3.63, 3.8) is 0 Å². The molecule has 0 fully saturated rings. The molecule has 1 aromatic rings. The van der Waals surface area contributed by atoms with E-state index in [0.29, 0.717) is 4.83 Å². The maximum Gasteiger partial charge on any atom is 0.0739 e. The third-order valence-electron chi connectivity index (χ3n) is 2.78. The molecule has 0 aromatic carbocycles. The van der Waals surface area contributed by atoms with E-state index < -0.39 is 0 Å². The standard InChI is InChI=1S/C12H21Br2N3/c1-5-17-11(12(14)10(3)15-17)8-16(4)7-6-9(2)13/h9H,5-8H2,1-4H3. The van der Waals surface area contributed by atoms with Gasteiger partial charge in [0.2, 0.25) is 0 Å². The van der Waals surface area contributed by atoms with Crippen LogP contribution in [0.5, 0.6) is 0 Å². The molecule has 0 aliphatic heterocycles. The van der Waals surface area contributed by atoms with Crippen LogP contribution in [0.15, 0.2) is 4.47 Å². The van der Waals surface area contributed by atoms with Crippen molar-refractivity contribution >= 4 is 31.9 Å². The van der Waals surface area contributed by atoms with E-state index in [4.69, 9.17) is 0 Å². The summed E-state index contributed by atoms with van der Waals surface area (Å²) >= 11 is 7.21. The number of hydrogen-bond acceptors (Lipinski definition) is 2. The molecule has 0 saturated carbocycles. The van der Waals surface area contributed by atoms with Crippen LogP contribution in [-0.2, 0) is 13.1 Å². The van der Waals surface area contributed by atoms with Gasteiger partial charge in [-0.1, -0.05) is 22.9 Å². The summed E-state index contributed by atoms with van der Waals surface area (Å²) in [6, 6.07) is 0. The van der Waals surface area contributed by atoms with E-state index in [-0.39, 0.29) is 0 Å². The molecule has 0 saturated heterocycles. The number of aryl methyl sites for hydroxylation is 2. The van der Waals surface area contributed by atoms with Gasteiger partial charge in [-0.2, -0.15) is 5.10 Å². The average Bonchev–Trinajstić information content (AvgIpc) is 2.54. The summed E-state index contributed by atoms with van der Waals surface area (Å²) in [6.07, 6.45) is 1.16. The van der Waals surface area contributed by atoms with Gasteiger partial charge in [-0.05, 0) is 49.8 Å². The van der Waals surface area contributed by atoms with E-state index in [0.717, 1.165) is 36.2 Å². The highest BCUT2D eigenvalue weighted by atomic mass is 79.9. The van der Waals surface area contributed by atoms with Crippen LogP contribution in [0.3, 0.4) is 0 Å². The topological polar surface area (TPSA) is 21.1 Å². The van der Waals surface area contributed by atoms with Crippen LogP contribution in [0.2, 0.25) is 0 Å². The number of halogens is 2. The van der Waals surface area contributed by atoms with Crippen LogP contribution >= 0.6 is 31.9 Å². The second-order valence-corrected chi connectivity index (χ2v) is 6.83. The van der Waals surface area contributed by atoms with Crippen LogP contribution in [-0.4, -0.2) is 33.1 Å². The third-order valence-corrected chi connectivity index (χ3v) is 4.27. The Kier molecular flexibility index (Phi) is 6.17. The Bertz CT molecular complexity index is 361. The molecule has 1 rings (SSSR count). The molecule has 0 aliphatic carbocycles. The lowest BCUT2D eigenvalue weighted by Crippen LogP contribution is -2.22. The Morgan fingerprint density at radius 2 is 2.12 bits per heavy atom. The summed E-state index contributed by atoms with van der Waals surface area (Å²) in [5, 5.41) is 4.51. The zero-order valence-electron chi connectivity index (χ0n) is 11.0. The van der Waals surface area contributed by atoms with E-state index >= 15 is 0 Å². The average molecular weight is 367 g/mol. The minimum absolute atomic E-state index is 0.575. The quantitative estimate of drug-likeness (QED) is 0.717. The SMILES string of the molecule is CCn1nc(C)c(Br)c1CN(C)CCC(C)Br. The van der Waals surface area contributed by atoms with Crippen LogP contribution in [0.25, 0.3) is 0 Å². The number of alkyl halides is 1. The van der Waals surface area contributed by atoms with Gasteiger partial charge in [-0.3, -0.25) is 4.68 Å². The summed E-state index contributed by atoms with van der Waals surface area (Å²) in [5.41, 5.74) is 2.35. The number of rotatable bonds is 6. The summed E-state index contributed by atoms with van der Waals surface area (Å²) in [5.74, 6) is 0. The van der Waals surface area contributed by atoms with Gasteiger partial charge < -0.3 is 4.90 Å². The van der Waals surface area contributed by atoms with Crippen molar-refractivity contribution in [1.82, 2.24) is 14.7 Å². The molecule has 0 spiro atoms. The maximum absolute atomic E-state index is 4.51. The molecular weight excluding hydrogens is 346 g/mol. The zero-order chi connectivity index (χ0) is 13.0. The molecule has 0 aliphatic rings. The Labute approximate surface area is 121 Å². The predicted molar refractivity (Wildman–Crippen MR) is 79.7 cm³/mol. The minimum atomic E-state index is 0.575. The molecule has 17 heavy (non-hydrogen) atoms. The summed E-state index contributed by atoms with van der Waals surface area (Å²) in [6.45, 7) is 9.31. The molecule has 3 nitrogen and oxygen atoms in total. The van der Waals surface area contributed by atoms with Crippen LogP contribution < -0.4 is 0 Å². The fourth-order valence-electron chi connectivity index (χ4n) is 1.75. The van der Waals surface area contributed by atoms with E-state index in [2.05, 4.69) is 67.4 Å². The van der Waals surface area contributed by atoms with E-state index in [9.17, 15) is 0 Å². The number of hydrogen-bond donors (Lipinski definition) is 0. The van der Waals surface area contributed by atoms with E-state index in [1.807, 2.05) is 6.92 Å². The molecule has 0 radical (unpaired) electrons. The smallest absolute Gasteiger partial charge is 0.0739 e. The first-order valence-electron chi connectivity index (χ1n) is 6.00. The number of aromatic nitrogens is 2. The molecule has 1 heterocycles. The maximum atomic E-state index is 4.51. The van der Waals surface area contributed by atoms with E-state index in [1.165, 1.54) is 5.69 Å². The van der Waals surface area contributed by atoms with Crippen molar-refractivity contribution < 1.29 is 0 Å². The summed E-state index contributed by atoms with van der Waals surface area (Å²) < 4.78 is 3.23. The van der Waals surface area contributed by atoms with Gasteiger partial charge in [-0.25, -0.2) is 0 Å². The third kappa shape index (κ3) is 4.38. The predicted octanol–water partition coefficient (Wildman–Crippen LogP) is 3.58. The van der Waals surface area contributed by atoms with Gasteiger partial charge >= 0.3 is 0 Å². The molecule has 0 bridgehead atoms. The first-order valence-corrected chi connectivity index (χ1v) is 7.71. The first-order chi connectivity index (χ1) is 7.95. The van der Waals surface area contributed by atoms with E-state index in [1.54, 1.807) is 0 Å². The molecule has 1 unspecified atom stereocenters. The molecular formula is C12H21Br2N3. The summed E-state index contributed by atoms with van der Waals surface area (Å²) in [7, 11) is 2.16. The van der Waals surface area contributed by atoms with Gasteiger partial charge in [0.15, 0.2) is 0 Å². The van der Waals surface area contributed by atoms with Crippen molar-refractivity contribution in [2.75, 3.05) is 13.6 Å². The van der Waals surface area contributed by atoms with Crippen molar-refractivity contribution in [3.8, 4) is 0 Å². The molecule has 0 N–H and O–H groups in total. The monoisotopic (exact) mass is 365 g/mol. The van der Waals surface area contributed by atoms with Gasteiger partial charge in [-0.15, -0.1) is 0 Å². The Balaban J connectivity index is 2.67. The molecule has 0 amide bonds. The normalized spacial score (nSPS) is 13.4. The lowest BCUT2D eigenvalue weighted by molar-refractivity contribution is 0.311. The second kappa shape index (κ2) is 6.90. The van der Waals surface area contributed by atoms with Crippen molar-refractivity contribution in [2.45, 2.75) is 45.1 Å². The molecule has 98 valence electrons. The highest BCUT2D eigenvalue weighted by Gasteiger charge is 2.13. The molecule has 1 aromatic heterocycles. The van der Waals surface area contributed by atoms with Gasteiger partial charge in [0.25, 0.3) is 0 Å². The zero-order valence-corrected chi connectivity index (χ0v) is 14.2. The number of nitrogens with zero attached hydrogens (tertiary/aromatic N) is 3. The Hall–Kier alpha value is 0.130. The second-order valence-electron chi connectivity index (χ2n) is 4.47. The molecule has 5 heteroatoms. The first kappa shape index (κ1) is 15.2. The Morgan fingerprint density at radius 1 is 1.47 bits per heavy atom. The fraction of sp³-hybridized carbons (Fsp3) is 0.750. The highest BCUT2D eigenvalue weighted by Crippen LogP contribution is 2.22. The fourth-order valence-corrected chi connectivity index (χ4v) is 2.37. The minimum Gasteiger partial charge on any atom is -0.300 e. The van der Waals surface area contributed by atoms with Crippen molar-refractivity contribution in [2.24, 2.45) is 0 Å². The van der Waals surface area contributed by atoms with Gasteiger partial charge in [0.05, 0.1) is 15.9 Å². The highest BCUT2D eigenvalue weighted by molar-refractivity contribution is 9.10. The largest absolute Gasteiger partial charge is 0.300 e. The van der Waals surface area contributed by atoms with Crippen LogP contribution in [0, 0.1) is 6.92 Å².